The number of nitrogens with zero attached hydrogens (tertiary/aromatic N) is 1. The molecule has 0 fully saturated rings. The normalized spacial score (nSPS) is 11.1. The average molecular weight is 466 g/mol. The minimum atomic E-state index is -0.716. The number of aryl methyl sites for hydroxylation is 1. The van der Waals surface area contributed by atoms with E-state index in [0.29, 0.717) is 0 Å². The largest absolute Gasteiger partial charge is 0.508 e. The second-order valence-electron chi connectivity index (χ2n) is 6.45. The quantitative estimate of drug-likeness (QED) is 0.344. The molecule has 0 amide bonds. The number of aliphatic hydroxyl groups is 2. The lowest BCUT2D eigenvalue weighted by atomic mass is 10.0. The zero-order valence-corrected chi connectivity index (χ0v) is 17.2. The number of nitrogens with two attached hydrogens (primary N) is 1. The van der Waals surface area contributed by atoms with Gasteiger partial charge in [0.15, 0.2) is 5.82 Å². The number of fused-ring (bicyclic) bond motifs is 1. The van der Waals surface area contributed by atoms with Crippen LogP contribution in [0.1, 0.15) is 16.7 Å². The van der Waals surface area contributed by atoms with Crippen molar-refractivity contribution in [3.05, 3.63) is 67.9 Å². The van der Waals surface area contributed by atoms with Crippen molar-refractivity contribution in [3.63, 3.8) is 0 Å². The van der Waals surface area contributed by atoms with Crippen LogP contribution in [0.2, 0.25) is 0 Å². The predicted octanol–water partition coefficient (Wildman–Crippen LogP) is 3.98. The zero-order valence-electron chi connectivity index (χ0n) is 15.6. The molecule has 152 valence electrons. The van der Waals surface area contributed by atoms with Crippen LogP contribution in [0.25, 0.3) is 22.3 Å². The molecule has 0 aliphatic heterocycles. The van der Waals surface area contributed by atoms with Gasteiger partial charge in [0, 0.05) is 24.4 Å². The lowest BCUT2D eigenvalue weighted by Crippen LogP contribution is -2.17. The van der Waals surface area contributed by atoms with Crippen molar-refractivity contribution >= 4 is 44.0 Å². The van der Waals surface area contributed by atoms with Crippen molar-refractivity contribution in [2.45, 2.75) is 13.5 Å². The second-order valence-corrected chi connectivity index (χ2v) is 7.24. The van der Waals surface area contributed by atoms with Gasteiger partial charge in [0.1, 0.15) is 11.6 Å². The van der Waals surface area contributed by atoms with Crippen molar-refractivity contribution in [2.24, 2.45) is 0 Å². The number of rotatable bonds is 4. The van der Waals surface area contributed by atoms with Gasteiger partial charge in [-0.25, -0.2) is 8.78 Å². The van der Waals surface area contributed by atoms with Gasteiger partial charge in [-0.1, -0.05) is 6.58 Å². The van der Waals surface area contributed by atoms with Crippen molar-refractivity contribution in [2.75, 3.05) is 18.1 Å². The Kier molecular flexibility index (Phi) is 5.38. The number of benzene rings is 2. The summed E-state index contributed by atoms with van der Waals surface area (Å²) < 4.78 is 30.5. The maximum Gasteiger partial charge on any atom is 0.200 e. The van der Waals surface area contributed by atoms with Crippen LogP contribution in [-0.2, 0) is 6.61 Å². The number of aliphatic hydroxyl groups excluding tert-OH is 2. The predicted molar refractivity (Wildman–Crippen MR) is 113 cm³/mol. The third-order valence-electron chi connectivity index (χ3n) is 4.75. The summed E-state index contributed by atoms with van der Waals surface area (Å²) >= 11 is 3.34. The summed E-state index contributed by atoms with van der Waals surface area (Å²) in [6.07, 6.45) is 1.29. The van der Waals surface area contributed by atoms with Crippen LogP contribution >= 0.6 is 15.9 Å². The van der Waals surface area contributed by atoms with Crippen LogP contribution in [0.15, 0.2) is 34.2 Å². The number of nitrogen functional groups attached to an aromatic ring is 1. The van der Waals surface area contributed by atoms with Crippen LogP contribution in [0.3, 0.4) is 0 Å². The lowest BCUT2D eigenvalue weighted by molar-refractivity contribution is 0.281. The number of hydrogen-bond donors (Lipinski definition) is 4. The molecule has 0 aliphatic rings. The summed E-state index contributed by atoms with van der Waals surface area (Å²) in [5, 5.41) is 22.4. The van der Waals surface area contributed by atoms with Gasteiger partial charge in [-0.05, 0) is 35.0 Å². The van der Waals surface area contributed by atoms with Gasteiger partial charge >= 0.3 is 0 Å². The van der Waals surface area contributed by atoms with E-state index in [9.17, 15) is 23.8 Å². The summed E-state index contributed by atoms with van der Waals surface area (Å²) in [6, 6.07) is 2.37. The van der Waals surface area contributed by atoms with Crippen LogP contribution in [0.4, 0.5) is 20.2 Å². The molecule has 0 saturated carbocycles. The first-order chi connectivity index (χ1) is 13.6. The molecule has 1 heterocycles. The smallest absolute Gasteiger partial charge is 0.200 e. The third-order valence-corrected chi connectivity index (χ3v) is 5.52. The molecule has 6 nitrogen and oxygen atoms in total. The first-order valence-electron chi connectivity index (χ1n) is 8.46. The Hall–Kier alpha value is -2.91. The van der Waals surface area contributed by atoms with Crippen LogP contribution in [0, 0.1) is 18.6 Å². The zero-order chi connectivity index (χ0) is 21.6. The molecular formula is C20H18BrF2N3O3. The summed E-state index contributed by atoms with van der Waals surface area (Å²) in [5.41, 5.74) is 5.59. The maximum atomic E-state index is 14.9. The molecule has 0 aliphatic carbocycles. The van der Waals surface area contributed by atoms with Gasteiger partial charge in [0.05, 0.1) is 44.6 Å². The Balaban J connectivity index is 2.66. The molecule has 2 aromatic carbocycles. The van der Waals surface area contributed by atoms with E-state index in [2.05, 4.69) is 27.8 Å². The fraction of sp³-hybridized carbons (Fsp3) is 0.150. The van der Waals surface area contributed by atoms with Gasteiger partial charge in [-0.2, -0.15) is 0 Å². The average Bonchev–Trinajstić information content (AvgIpc) is 2.68. The number of halogens is 3. The number of hydrogen-bond acceptors (Lipinski definition) is 5. The molecule has 3 aromatic rings. The van der Waals surface area contributed by atoms with E-state index in [0.717, 1.165) is 6.07 Å². The Morgan fingerprint density at radius 3 is 2.59 bits per heavy atom. The fourth-order valence-electron chi connectivity index (χ4n) is 3.28. The minimum absolute atomic E-state index is 0.00661. The first-order valence-corrected chi connectivity index (χ1v) is 9.25. The number of nitrogens with one attached hydrogen (secondary N) is 1. The molecular weight excluding hydrogens is 448 g/mol. The van der Waals surface area contributed by atoms with Crippen molar-refractivity contribution in [3.8, 4) is 5.69 Å². The monoisotopic (exact) mass is 465 g/mol. The molecule has 0 spiro atoms. The molecule has 5 N–H and O–H groups in total. The van der Waals surface area contributed by atoms with Crippen LogP contribution in [0.5, 0.6) is 0 Å². The highest BCUT2D eigenvalue weighted by Crippen LogP contribution is 2.38. The highest BCUT2D eigenvalue weighted by molar-refractivity contribution is 9.10. The molecule has 3 rings (SSSR count). The maximum absolute atomic E-state index is 14.9. The molecule has 0 saturated heterocycles. The van der Waals surface area contributed by atoms with Gasteiger partial charge < -0.3 is 25.8 Å². The van der Waals surface area contributed by atoms with E-state index in [1.54, 1.807) is 0 Å². The van der Waals surface area contributed by atoms with E-state index >= 15 is 0 Å². The Labute approximate surface area is 173 Å². The van der Waals surface area contributed by atoms with Gasteiger partial charge in [0.25, 0.3) is 0 Å². The van der Waals surface area contributed by atoms with E-state index in [-0.39, 0.29) is 49.1 Å². The highest BCUT2D eigenvalue weighted by atomic mass is 79.9. The molecule has 1 aromatic heterocycles. The summed E-state index contributed by atoms with van der Waals surface area (Å²) in [5.74, 6) is -1.87. The van der Waals surface area contributed by atoms with Crippen molar-refractivity contribution in [1.82, 2.24) is 4.57 Å². The third kappa shape index (κ3) is 3.16. The number of anilines is 2. The van der Waals surface area contributed by atoms with Gasteiger partial charge in [-0.3, -0.25) is 4.79 Å². The molecule has 9 heteroatoms. The molecule has 29 heavy (non-hydrogen) atoms. The van der Waals surface area contributed by atoms with E-state index in [4.69, 9.17) is 5.73 Å². The van der Waals surface area contributed by atoms with E-state index in [1.807, 2.05) is 0 Å². The minimum Gasteiger partial charge on any atom is -0.508 e. The van der Waals surface area contributed by atoms with E-state index in [1.165, 1.54) is 30.8 Å². The molecule has 0 radical (unpaired) electrons. The van der Waals surface area contributed by atoms with Crippen molar-refractivity contribution < 1.29 is 19.0 Å². The Bertz CT molecular complexity index is 1240. The lowest BCUT2D eigenvalue weighted by Gasteiger charge is -2.21. The number of pyridine rings is 1. The SMILES string of the molecule is C=C(O)c1cn(-c2cc(N)c(F)cc2CO)c2c(Br)c(NC)c(F)c(C)c2c1=O. The molecule has 0 bridgehead atoms. The summed E-state index contributed by atoms with van der Waals surface area (Å²) in [6.45, 7) is 4.32. The van der Waals surface area contributed by atoms with Crippen LogP contribution < -0.4 is 16.5 Å². The van der Waals surface area contributed by atoms with Crippen LogP contribution in [-0.4, -0.2) is 21.8 Å². The second kappa shape index (κ2) is 7.49. The Morgan fingerprint density at radius 1 is 1.38 bits per heavy atom. The first kappa shape index (κ1) is 20.8. The molecule has 0 unspecified atom stereocenters. The van der Waals surface area contributed by atoms with E-state index < -0.39 is 29.4 Å². The number of aromatic nitrogens is 1. The summed E-state index contributed by atoms with van der Waals surface area (Å²) in [7, 11) is 1.52. The fourth-order valence-corrected chi connectivity index (χ4v) is 4.04. The molecule has 0 atom stereocenters. The highest BCUT2D eigenvalue weighted by Gasteiger charge is 2.23. The standard InChI is InChI=1S/C20H18BrF2N3O3/c1-8-15-19(16(21)18(25-3)17(8)23)26(6-11(9(2)28)20(15)29)14-5-13(24)12(22)4-10(14)7-27/h4-6,25,27-28H,2,7,24H2,1,3H3. The topological polar surface area (TPSA) is 101 Å². The summed E-state index contributed by atoms with van der Waals surface area (Å²) in [4.78, 5) is 13.0. The Morgan fingerprint density at radius 2 is 2.03 bits per heavy atom. The van der Waals surface area contributed by atoms with Gasteiger partial charge in [-0.15, -0.1) is 0 Å². The van der Waals surface area contributed by atoms with Gasteiger partial charge in [0.2, 0.25) is 5.43 Å². The van der Waals surface area contributed by atoms with Crippen molar-refractivity contribution in [1.29, 1.82) is 0 Å².